The first-order valence-corrected chi connectivity index (χ1v) is 4.59. The van der Waals surface area contributed by atoms with Gasteiger partial charge in [-0.3, -0.25) is 4.79 Å². The average molecular weight is 243 g/mol. The smallest absolute Gasteiger partial charge is 0.417 e. The normalized spacial score (nSPS) is 11.0. The maximum atomic E-state index is 12.8. The number of benzene rings is 1. The molecule has 0 bridgehead atoms. The highest BCUT2D eigenvalue weighted by molar-refractivity contribution is 5.72. The van der Waals surface area contributed by atoms with E-state index >= 15 is 0 Å². The van der Waals surface area contributed by atoms with Crippen molar-refractivity contribution in [3.63, 3.8) is 0 Å². The van der Waals surface area contributed by atoms with Gasteiger partial charge >= 0.3 is 12.1 Å². The van der Waals surface area contributed by atoms with E-state index in [2.05, 4.69) is 0 Å². The molecule has 0 heterocycles. The molecule has 0 fully saturated rings. The molecule has 6 heteroatoms. The number of rotatable bonds is 2. The standard InChI is InChI=1S/C11H8F3NO2/c1-6-2-3-7(5-15)10(11(12,13)14)8(6)4-9(16)17/h2-3H,4H2,1H3,(H,16,17). The highest BCUT2D eigenvalue weighted by Gasteiger charge is 2.37. The molecule has 1 rings (SSSR count). The number of nitrogens with zero attached hydrogens (tertiary/aromatic N) is 1. The number of carboxylic acid groups (broad SMARTS) is 1. The molecule has 17 heavy (non-hydrogen) atoms. The second kappa shape index (κ2) is 4.45. The van der Waals surface area contributed by atoms with Gasteiger partial charge in [0.1, 0.15) is 0 Å². The minimum atomic E-state index is -4.73. The average Bonchev–Trinajstić information content (AvgIpc) is 2.18. The Morgan fingerprint density at radius 2 is 2.06 bits per heavy atom. The van der Waals surface area contributed by atoms with Crippen molar-refractivity contribution in [2.45, 2.75) is 19.5 Å². The lowest BCUT2D eigenvalue weighted by Crippen LogP contribution is -2.15. The van der Waals surface area contributed by atoms with E-state index in [1.54, 1.807) is 0 Å². The lowest BCUT2D eigenvalue weighted by Gasteiger charge is -2.15. The number of hydrogen-bond acceptors (Lipinski definition) is 2. The van der Waals surface area contributed by atoms with Gasteiger partial charge in [-0.2, -0.15) is 18.4 Å². The van der Waals surface area contributed by atoms with Crippen LogP contribution in [0.1, 0.15) is 22.3 Å². The van der Waals surface area contributed by atoms with Crippen LogP contribution in [-0.4, -0.2) is 11.1 Å². The van der Waals surface area contributed by atoms with Crippen molar-refractivity contribution in [3.8, 4) is 6.07 Å². The molecule has 0 saturated heterocycles. The van der Waals surface area contributed by atoms with Crippen LogP contribution in [0, 0.1) is 18.3 Å². The Hall–Kier alpha value is -2.03. The molecule has 0 saturated carbocycles. The first kappa shape index (κ1) is 13.0. The van der Waals surface area contributed by atoms with Crippen LogP contribution in [-0.2, 0) is 17.4 Å². The van der Waals surface area contributed by atoms with Crippen LogP contribution in [0.15, 0.2) is 12.1 Å². The second-order valence-electron chi connectivity index (χ2n) is 3.46. The topological polar surface area (TPSA) is 61.1 Å². The van der Waals surface area contributed by atoms with Crippen LogP contribution in [0.3, 0.4) is 0 Å². The second-order valence-corrected chi connectivity index (χ2v) is 3.46. The first-order chi connectivity index (χ1) is 7.77. The van der Waals surface area contributed by atoms with E-state index in [1.807, 2.05) is 0 Å². The number of halogens is 3. The zero-order valence-corrected chi connectivity index (χ0v) is 8.80. The van der Waals surface area contributed by atoms with Gasteiger partial charge in [-0.05, 0) is 24.1 Å². The third kappa shape index (κ3) is 2.75. The Labute approximate surface area is 95.1 Å². The Bertz CT molecular complexity index is 501. The number of alkyl halides is 3. The van der Waals surface area contributed by atoms with Crippen LogP contribution < -0.4 is 0 Å². The molecule has 0 aliphatic carbocycles. The Balaban J connectivity index is 3.55. The third-order valence-electron chi connectivity index (χ3n) is 2.28. The summed E-state index contributed by atoms with van der Waals surface area (Å²) in [7, 11) is 0. The minimum Gasteiger partial charge on any atom is -0.481 e. The van der Waals surface area contributed by atoms with Gasteiger partial charge in [-0.15, -0.1) is 0 Å². The molecule has 90 valence electrons. The van der Waals surface area contributed by atoms with Crippen LogP contribution >= 0.6 is 0 Å². The summed E-state index contributed by atoms with van der Waals surface area (Å²) in [6, 6.07) is 3.79. The summed E-state index contributed by atoms with van der Waals surface area (Å²) >= 11 is 0. The summed E-state index contributed by atoms with van der Waals surface area (Å²) in [5, 5.41) is 17.2. The molecule has 0 spiro atoms. The van der Waals surface area contributed by atoms with Crippen molar-refractivity contribution >= 4 is 5.97 Å². The van der Waals surface area contributed by atoms with Crippen LogP contribution in [0.25, 0.3) is 0 Å². The SMILES string of the molecule is Cc1ccc(C#N)c(C(F)(F)F)c1CC(=O)O. The van der Waals surface area contributed by atoms with E-state index < -0.39 is 29.7 Å². The van der Waals surface area contributed by atoms with Crippen LogP contribution in [0.4, 0.5) is 13.2 Å². The lowest BCUT2D eigenvalue weighted by atomic mass is 9.94. The van der Waals surface area contributed by atoms with Gasteiger partial charge in [0.2, 0.25) is 0 Å². The fourth-order valence-electron chi connectivity index (χ4n) is 1.55. The van der Waals surface area contributed by atoms with Crippen LogP contribution in [0.2, 0.25) is 0 Å². The van der Waals surface area contributed by atoms with E-state index in [0.717, 1.165) is 6.07 Å². The molecule has 0 amide bonds. The maximum absolute atomic E-state index is 12.8. The highest BCUT2D eigenvalue weighted by atomic mass is 19.4. The van der Waals surface area contributed by atoms with Crippen molar-refractivity contribution in [2.24, 2.45) is 0 Å². The summed E-state index contributed by atoms with van der Waals surface area (Å²) in [5.74, 6) is -1.37. The summed E-state index contributed by atoms with van der Waals surface area (Å²) in [5.41, 5.74) is -1.86. The van der Waals surface area contributed by atoms with Gasteiger partial charge in [-0.1, -0.05) is 6.07 Å². The van der Waals surface area contributed by atoms with Crippen molar-refractivity contribution in [1.29, 1.82) is 5.26 Å². The molecule has 0 unspecified atom stereocenters. The molecule has 0 atom stereocenters. The minimum absolute atomic E-state index is 0.207. The Morgan fingerprint density at radius 1 is 1.47 bits per heavy atom. The third-order valence-corrected chi connectivity index (χ3v) is 2.28. The lowest BCUT2D eigenvalue weighted by molar-refractivity contribution is -0.139. The molecular weight excluding hydrogens is 235 g/mol. The quantitative estimate of drug-likeness (QED) is 0.868. The largest absolute Gasteiger partial charge is 0.481 e. The van der Waals surface area contributed by atoms with Gasteiger partial charge < -0.3 is 5.11 Å². The van der Waals surface area contributed by atoms with E-state index in [9.17, 15) is 18.0 Å². The predicted octanol–water partition coefficient (Wildman–Crippen LogP) is 2.51. The molecule has 0 aliphatic rings. The Kier molecular flexibility index (Phi) is 3.42. The number of hydrogen-bond donors (Lipinski definition) is 1. The van der Waals surface area contributed by atoms with Crippen molar-refractivity contribution in [2.75, 3.05) is 0 Å². The number of nitriles is 1. The summed E-state index contributed by atoms with van der Waals surface area (Å²) in [6.45, 7) is 1.38. The van der Waals surface area contributed by atoms with Gasteiger partial charge in [0, 0.05) is 0 Å². The zero-order chi connectivity index (χ0) is 13.2. The van der Waals surface area contributed by atoms with Gasteiger partial charge in [0.25, 0.3) is 0 Å². The van der Waals surface area contributed by atoms with Crippen molar-refractivity contribution in [3.05, 3.63) is 34.4 Å². The zero-order valence-electron chi connectivity index (χ0n) is 8.80. The number of carbonyl (C=O) groups is 1. The maximum Gasteiger partial charge on any atom is 0.417 e. The summed E-state index contributed by atoms with van der Waals surface area (Å²) in [6.07, 6.45) is -5.49. The molecule has 0 aromatic heterocycles. The predicted molar refractivity (Wildman–Crippen MR) is 52.2 cm³/mol. The molecule has 1 aromatic rings. The van der Waals surface area contributed by atoms with Gasteiger partial charge in [0.05, 0.1) is 23.6 Å². The highest BCUT2D eigenvalue weighted by Crippen LogP contribution is 2.36. The Morgan fingerprint density at radius 3 is 2.47 bits per heavy atom. The van der Waals surface area contributed by atoms with E-state index in [4.69, 9.17) is 10.4 Å². The van der Waals surface area contributed by atoms with Gasteiger partial charge in [0.15, 0.2) is 0 Å². The first-order valence-electron chi connectivity index (χ1n) is 4.59. The van der Waals surface area contributed by atoms with Crippen LogP contribution in [0.5, 0.6) is 0 Å². The summed E-state index contributed by atoms with van der Waals surface area (Å²) in [4.78, 5) is 10.5. The number of aryl methyl sites for hydroxylation is 1. The van der Waals surface area contributed by atoms with E-state index in [0.29, 0.717) is 0 Å². The molecule has 1 aromatic carbocycles. The molecule has 3 nitrogen and oxygen atoms in total. The molecular formula is C11H8F3NO2. The van der Waals surface area contributed by atoms with Crippen molar-refractivity contribution in [1.82, 2.24) is 0 Å². The number of carboxylic acids is 1. The van der Waals surface area contributed by atoms with Gasteiger partial charge in [-0.25, -0.2) is 0 Å². The molecule has 0 aliphatic heterocycles. The van der Waals surface area contributed by atoms with E-state index in [1.165, 1.54) is 19.1 Å². The fraction of sp³-hybridized carbons (Fsp3) is 0.273. The summed E-state index contributed by atoms with van der Waals surface area (Å²) < 4.78 is 38.3. The monoisotopic (exact) mass is 243 g/mol. The molecule has 1 N–H and O–H groups in total. The molecule has 0 radical (unpaired) electrons. The van der Waals surface area contributed by atoms with E-state index in [-0.39, 0.29) is 11.1 Å². The fourth-order valence-corrected chi connectivity index (χ4v) is 1.55. The van der Waals surface area contributed by atoms with Crippen molar-refractivity contribution < 1.29 is 23.1 Å². The number of aliphatic carboxylic acids is 1.